The zero-order chi connectivity index (χ0) is 8.13. The van der Waals surface area contributed by atoms with Crippen molar-refractivity contribution >= 4 is 0 Å². The smallest absolute Gasteiger partial charge is 0.0734 e. The molecule has 2 saturated heterocycles. The second kappa shape index (κ2) is 2.44. The zero-order valence-electron chi connectivity index (χ0n) is 7.66. The van der Waals surface area contributed by atoms with Crippen LogP contribution in [0.2, 0.25) is 0 Å². The number of likely N-dealkylation sites (N-methyl/N-ethyl adjacent to an activating group) is 1. The minimum atomic E-state index is 0.683. The lowest BCUT2D eigenvalue weighted by atomic mass is 10.2. The SMILES string of the molecule is CCN1CCN2C(C1)NC1CC12. The maximum absolute atomic E-state index is 3.68. The fraction of sp³-hybridized carbons (Fsp3) is 1.00. The van der Waals surface area contributed by atoms with Gasteiger partial charge in [0.1, 0.15) is 0 Å². The Morgan fingerprint density at radius 3 is 3.17 bits per heavy atom. The summed E-state index contributed by atoms with van der Waals surface area (Å²) in [6.07, 6.45) is 2.09. The highest BCUT2D eigenvalue weighted by atomic mass is 15.5. The molecule has 1 aliphatic carbocycles. The molecule has 68 valence electrons. The second-order valence-electron chi connectivity index (χ2n) is 4.22. The van der Waals surface area contributed by atoms with Gasteiger partial charge in [-0.15, -0.1) is 0 Å². The lowest BCUT2D eigenvalue weighted by Gasteiger charge is -2.38. The molecule has 3 aliphatic rings. The molecule has 0 bridgehead atoms. The van der Waals surface area contributed by atoms with Crippen LogP contribution in [0, 0.1) is 0 Å². The average molecular weight is 167 g/mol. The van der Waals surface area contributed by atoms with Gasteiger partial charge in [-0.2, -0.15) is 0 Å². The third-order valence-corrected chi connectivity index (χ3v) is 3.54. The summed E-state index contributed by atoms with van der Waals surface area (Å²) in [7, 11) is 0. The highest BCUT2D eigenvalue weighted by Crippen LogP contribution is 2.36. The standard InChI is InChI=1S/C9H17N3/c1-2-11-3-4-12-8-5-7(8)10-9(12)6-11/h7-10H,2-6H2,1H3. The number of hydrogen-bond donors (Lipinski definition) is 1. The van der Waals surface area contributed by atoms with Crippen LogP contribution in [-0.2, 0) is 0 Å². The third-order valence-electron chi connectivity index (χ3n) is 3.54. The van der Waals surface area contributed by atoms with Gasteiger partial charge in [-0.1, -0.05) is 6.92 Å². The van der Waals surface area contributed by atoms with Gasteiger partial charge in [-0.05, 0) is 13.0 Å². The number of nitrogens with one attached hydrogen (secondary N) is 1. The summed E-state index contributed by atoms with van der Waals surface area (Å²) >= 11 is 0. The molecule has 3 atom stereocenters. The maximum atomic E-state index is 3.68. The second-order valence-corrected chi connectivity index (χ2v) is 4.22. The van der Waals surface area contributed by atoms with E-state index in [9.17, 15) is 0 Å². The Morgan fingerprint density at radius 2 is 2.33 bits per heavy atom. The predicted molar refractivity (Wildman–Crippen MR) is 47.9 cm³/mol. The summed E-state index contributed by atoms with van der Waals surface area (Å²) in [5, 5.41) is 3.68. The zero-order valence-corrected chi connectivity index (χ0v) is 7.66. The minimum Gasteiger partial charge on any atom is -0.299 e. The molecule has 2 heterocycles. The molecule has 0 aromatic heterocycles. The van der Waals surface area contributed by atoms with E-state index in [2.05, 4.69) is 22.0 Å². The molecule has 0 aromatic carbocycles. The average Bonchev–Trinajstić information content (AvgIpc) is 2.78. The van der Waals surface area contributed by atoms with Gasteiger partial charge >= 0.3 is 0 Å². The largest absolute Gasteiger partial charge is 0.299 e. The van der Waals surface area contributed by atoms with Gasteiger partial charge in [0.15, 0.2) is 0 Å². The van der Waals surface area contributed by atoms with E-state index in [1.165, 1.54) is 32.6 Å². The Morgan fingerprint density at radius 1 is 1.42 bits per heavy atom. The van der Waals surface area contributed by atoms with Gasteiger partial charge in [0.2, 0.25) is 0 Å². The van der Waals surface area contributed by atoms with Gasteiger partial charge in [0.05, 0.1) is 6.17 Å². The van der Waals surface area contributed by atoms with Crippen molar-refractivity contribution in [1.82, 2.24) is 15.1 Å². The van der Waals surface area contributed by atoms with Crippen molar-refractivity contribution in [1.29, 1.82) is 0 Å². The topological polar surface area (TPSA) is 18.5 Å². The van der Waals surface area contributed by atoms with Gasteiger partial charge < -0.3 is 0 Å². The molecule has 0 radical (unpaired) electrons. The Bertz CT molecular complexity index is 194. The van der Waals surface area contributed by atoms with Crippen LogP contribution in [0.3, 0.4) is 0 Å². The summed E-state index contributed by atoms with van der Waals surface area (Å²) in [5.41, 5.74) is 0. The number of hydrogen-bond acceptors (Lipinski definition) is 3. The summed E-state index contributed by atoms with van der Waals surface area (Å²) in [5.74, 6) is 0. The molecule has 3 rings (SSSR count). The van der Waals surface area contributed by atoms with Crippen LogP contribution in [0.5, 0.6) is 0 Å². The summed E-state index contributed by atoms with van der Waals surface area (Å²) < 4.78 is 0. The van der Waals surface area contributed by atoms with Crippen LogP contribution in [0.15, 0.2) is 0 Å². The fourth-order valence-corrected chi connectivity index (χ4v) is 2.66. The lowest BCUT2D eigenvalue weighted by molar-refractivity contribution is 0.0803. The van der Waals surface area contributed by atoms with Crippen molar-refractivity contribution in [3.63, 3.8) is 0 Å². The Kier molecular flexibility index (Phi) is 1.48. The summed E-state index contributed by atoms with van der Waals surface area (Å²) in [6, 6.07) is 1.76. The summed E-state index contributed by atoms with van der Waals surface area (Å²) in [6.45, 7) is 7.26. The van der Waals surface area contributed by atoms with Gasteiger partial charge in [-0.25, -0.2) is 0 Å². The van der Waals surface area contributed by atoms with E-state index in [1.54, 1.807) is 0 Å². The third kappa shape index (κ3) is 0.934. The van der Waals surface area contributed by atoms with Gasteiger partial charge in [0.25, 0.3) is 0 Å². The number of nitrogens with zero attached hydrogens (tertiary/aromatic N) is 2. The molecule has 12 heavy (non-hydrogen) atoms. The lowest BCUT2D eigenvalue weighted by Crippen LogP contribution is -2.55. The molecule has 2 aliphatic heterocycles. The first kappa shape index (κ1) is 7.30. The molecule has 3 unspecified atom stereocenters. The minimum absolute atomic E-state index is 0.683. The summed E-state index contributed by atoms with van der Waals surface area (Å²) in [4.78, 5) is 5.20. The maximum Gasteiger partial charge on any atom is 0.0734 e. The van der Waals surface area contributed by atoms with E-state index in [0.29, 0.717) is 6.17 Å². The molecule has 0 aromatic rings. The van der Waals surface area contributed by atoms with Crippen molar-refractivity contribution in [3.8, 4) is 0 Å². The Balaban J connectivity index is 1.68. The molecule has 3 fully saturated rings. The van der Waals surface area contributed by atoms with Crippen LogP contribution < -0.4 is 5.32 Å². The van der Waals surface area contributed by atoms with E-state index in [1.807, 2.05) is 0 Å². The van der Waals surface area contributed by atoms with E-state index in [4.69, 9.17) is 0 Å². The highest BCUT2D eigenvalue weighted by Gasteiger charge is 2.52. The first-order valence-corrected chi connectivity index (χ1v) is 5.12. The van der Waals surface area contributed by atoms with Crippen molar-refractivity contribution in [2.75, 3.05) is 26.2 Å². The van der Waals surface area contributed by atoms with Crippen molar-refractivity contribution < 1.29 is 0 Å². The van der Waals surface area contributed by atoms with Gasteiger partial charge in [0, 0.05) is 31.7 Å². The molecule has 1 N–H and O–H groups in total. The van der Waals surface area contributed by atoms with Crippen LogP contribution >= 0.6 is 0 Å². The molecule has 1 saturated carbocycles. The normalized spacial score (nSPS) is 47.2. The predicted octanol–water partition coefficient (Wildman–Crippen LogP) is -0.306. The first-order chi connectivity index (χ1) is 5.88. The monoisotopic (exact) mass is 167 g/mol. The van der Waals surface area contributed by atoms with Crippen LogP contribution in [0.4, 0.5) is 0 Å². The van der Waals surface area contributed by atoms with Crippen molar-refractivity contribution in [2.24, 2.45) is 0 Å². The quantitative estimate of drug-likeness (QED) is 0.578. The number of rotatable bonds is 1. The number of piperazine rings is 1. The highest BCUT2D eigenvalue weighted by molar-refractivity contribution is 5.11. The molecule has 0 amide bonds. The van der Waals surface area contributed by atoms with E-state index in [0.717, 1.165) is 12.1 Å². The van der Waals surface area contributed by atoms with E-state index < -0.39 is 0 Å². The van der Waals surface area contributed by atoms with E-state index in [-0.39, 0.29) is 0 Å². The Hall–Kier alpha value is -0.120. The Labute approximate surface area is 73.7 Å². The van der Waals surface area contributed by atoms with Crippen LogP contribution in [-0.4, -0.2) is 54.2 Å². The molecule has 3 nitrogen and oxygen atoms in total. The van der Waals surface area contributed by atoms with E-state index >= 15 is 0 Å². The molecule has 0 spiro atoms. The van der Waals surface area contributed by atoms with Gasteiger partial charge in [-0.3, -0.25) is 15.1 Å². The molecular weight excluding hydrogens is 150 g/mol. The van der Waals surface area contributed by atoms with Crippen molar-refractivity contribution in [3.05, 3.63) is 0 Å². The van der Waals surface area contributed by atoms with Crippen molar-refractivity contribution in [2.45, 2.75) is 31.6 Å². The van der Waals surface area contributed by atoms with Crippen LogP contribution in [0.25, 0.3) is 0 Å². The molecule has 3 heteroatoms. The number of fused-ring (bicyclic) bond motifs is 3. The van der Waals surface area contributed by atoms with Crippen LogP contribution in [0.1, 0.15) is 13.3 Å². The fourth-order valence-electron chi connectivity index (χ4n) is 2.66. The molecular formula is C9H17N3. The first-order valence-electron chi connectivity index (χ1n) is 5.12.